The smallest absolute Gasteiger partial charge is 0.496 e. The molecule has 0 bridgehead atoms. The SMILES string of the molecule is COc1ccc(OC(F)(F)F)cc1C=Nc1c(C)cccc1[N+](=O)[O-]. The van der Waals surface area contributed by atoms with Gasteiger partial charge in [0.1, 0.15) is 17.2 Å². The normalized spacial score (nSPS) is 11.6. The number of nitro benzene ring substituents is 1. The summed E-state index contributed by atoms with van der Waals surface area (Å²) in [5.41, 5.74) is 0.628. The molecular formula is C16H13F3N2O4. The molecule has 2 aromatic rings. The number of aliphatic imine (C=N–C) groups is 1. The summed E-state index contributed by atoms with van der Waals surface area (Å²) in [5.74, 6) is -0.205. The van der Waals surface area contributed by atoms with E-state index in [1.54, 1.807) is 13.0 Å². The Balaban J connectivity index is 2.44. The summed E-state index contributed by atoms with van der Waals surface area (Å²) in [6, 6.07) is 7.92. The van der Waals surface area contributed by atoms with Gasteiger partial charge in [-0.3, -0.25) is 10.1 Å². The molecule has 0 saturated heterocycles. The Kier molecular flexibility index (Phi) is 5.26. The number of rotatable bonds is 5. The van der Waals surface area contributed by atoms with Crippen LogP contribution < -0.4 is 9.47 Å². The van der Waals surface area contributed by atoms with Crippen molar-refractivity contribution in [3.8, 4) is 11.5 Å². The zero-order valence-corrected chi connectivity index (χ0v) is 13.2. The summed E-state index contributed by atoms with van der Waals surface area (Å²) in [6.45, 7) is 1.64. The molecule has 0 aliphatic rings. The molecule has 9 heteroatoms. The van der Waals surface area contributed by atoms with Gasteiger partial charge in [-0.25, -0.2) is 4.99 Å². The van der Waals surface area contributed by atoms with E-state index in [0.29, 0.717) is 5.56 Å². The average molecular weight is 354 g/mol. The number of nitrogens with zero attached hydrogens (tertiary/aromatic N) is 2. The van der Waals surface area contributed by atoms with E-state index < -0.39 is 17.0 Å². The van der Waals surface area contributed by atoms with E-state index in [9.17, 15) is 23.3 Å². The predicted molar refractivity (Wildman–Crippen MR) is 84.8 cm³/mol. The molecule has 0 fully saturated rings. The van der Waals surface area contributed by atoms with Gasteiger partial charge in [-0.2, -0.15) is 0 Å². The first-order chi connectivity index (χ1) is 11.7. The van der Waals surface area contributed by atoms with Gasteiger partial charge in [0.05, 0.1) is 12.0 Å². The minimum Gasteiger partial charge on any atom is -0.496 e. The van der Waals surface area contributed by atoms with Crippen LogP contribution in [0.25, 0.3) is 0 Å². The van der Waals surface area contributed by atoms with Crippen LogP contribution in [0.2, 0.25) is 0 Å². The van der Waals surface area contributed by atoms with E-state index in [-0.39, 0.29) is 22.7 Å². The third-order valence-electron chi connectivity index (χ3n) is 3.18. The van der Waals surface area contributed by atoms with Crippen LogP contribution in [-0.4, -0.2) is 24.6 Å². The summed E-state index contributed by atoms with van der Waals surface area (Å²) in [4.78, 5) is 14.6. The third-order valence-corrected chi connectivity index (χ3v) is 3.18. The summed E-state index contributed by atoms with van der Waals surface area (Å²) < 4.78 is 45.9. The molecule has 0 N–H and O–H groups in total. The van der Waals surface area contributed by atoms with Crippen molar-refractivity contribution in [2.75, 3.05) is 7.11 Å². The van der Waals surface area contributed by atoms with Crippen LogP contribution in [0.5, 0.6) is 11.5 Å². The van der Waals surface area contributed by atoms with E-state index >= 15 is 0 Å². The molecule has 132 valence electrons. The van der Waals surface area contributed by atoms with Gasteiger partial charge in [-0.05, 0) is 30.7 Å². The number of benzene rings is 2. The molecule has 0 aliphatic heterocycles. The van der Waals surface area contributed by atoms with Gasteiger partial charge in [-0.15, -0.1) is 13.2 Å². The highest BCUT2D eigenvalue weighted by atomic mass is 19.4. The predicted octanol–water partition coefficient (Wildman–Crippen LogP) is 4.56. The molecule has 0 aromatic heterocycles. The van der Waals surface area contributed by atoms with Crippen LogP contribution >= 0.6 is 0 Å². The Bertz CT molecular complexity index is 820. The second-order valence-electron chi connectivity index (χ2n) is 4.91. The lowest BCUT2D eigenvalue weighted by molar-refractivity contribution is -0.384. The number of nitro groups is 1. The summed E-state index contributed by atoms with van der Waals surface area (Å²) >= 11 is 0. The minimum atomic E-state index is -4.84. The fourth-order valence-corrected chi connectivity index (χ4v) is 2.10. The average Bonchev–Trinajstić information content (AvgIpc) is 2.52. The molecule has 0 heterocycles. The first-order valence-electron chi connectivity index (χ1n) is 6.93. The maximum absolute atomic E-state index is 12.3. The fraction of sp³-hybridized carbons (Fsp3) is 0.188. The molecule has 6 nitrogen and oxygen atoms in total. The lowest BCUT2D eigenvalue weighted by Gasteiger charge is -2.11. The monoisotopic (exact) mass is 354 g/mol. The van der Waals surface area contributed by atoms with Gasteiger partial charge in [0, 0.05) is 17.8 Å². The van der Waals surface area contributed by atoms with Gasteiger partial charge in [0.2, 0.25) is 0 Å². The lowest BCUT2D eigenvalue weighted by atomic mass is 10.1. The Labute approximate surface area is 140 Å². The van der Waals surface area contributed by atoms with Crippen molar-refractivity contribution in [2.24, 2.45) is 4.99 Å². The van der Waals surface area contributed by atoms with Crippen LogP contribution in [0.15, 0.2) is 41.4 Å². The zero-order valence-electron chi connectivity index (χ0n) is 13.2. The Morgan fingerprint density at radius 3 is 2.56 bits per heavy atom. The zero-order chi connectivity index (χ0) is 18.6. The van der Waals surface area contributed by atoms with Crippen LogP contribution in [0.1, 0.15) is 11.1 Å². The second kappa shape index (κ2) is 7.20. The second-order valence-corrected chi connectivity index (χ2v) is 4.91. The lowest BCUT2D eigenvalue weighted by Crippen LogP contribution is -2.17. The largest absolute Gasteiger partial charge is 0.573 e. The highest BCUT2D eigenvalue weighted by Crippen LogP contribution is 2.32. The van der Waals surface area contributed by atoms with Gasteiger partial charge < -0.3 is 9.47 Å². The summed E-state index contributed by atoms with van der Waals surface area (Å²) in [5, 5.41) is 11.1. The van der Waals surface area contributed by atoms with Crippen LogP contribution in [-0.2, 0) is 0 Å². The van der Waals surface area contributed by atoms with E-state index in [1.165, 1.54) is 31.5 Å². The number of hydrogen-bond acceptors (Lipinski definition) is 5. The highest BCUT2D eigenvalue weighted by Gasteiger charge is 2.31. The number of para-hydroxylation sites is 1. The Morgan fingerprint density at radius 2 is 1.96 bits per heavy atom. The van der Waals surface area contributed by atoms with Crippen molar-refractivity contribution in [1.29, 1.82) is 0 Å². The number of alkyl halides is 3. The van der Waals surface area contributed by atoms with Crippen molar-refractivity contribution >= 4 is 17.6 Å². The van der Waals surface area contributed by atoms with Gasteiger partial charge in [0.25, 0.3) is 5.69 Å². The summed E-state index contributed by atoms with van der Waals surface area (Å²) in [7, 11) is 1.34. The van der Waals surface area contributed by atoms with Crippen molar-refractivity contribution in [2.45, 2.75) is 13.3 Å². The maximum atomic E-state index is 12.3. The number of ether oxygens (including phenoxy) is 2. The quantitative estimate of drug-likeness (QED) is 0.448. The molecule has 0 unspecified atom stereocenters. The standard InChI is InChI=1S/C16H13F3N2O4/c1-10-4-3-5-13(21(22)23)15(10)20-9-11-8-12(25-16(17,18)19)6-7-14(11)24-2/h3-9H,1-2H3. The van der Waals surface area contributed by atoms with Gasteiger partial charge in [0.15, 0.2) is 0 Å². The number of hydrogen-bond donors (Lipinski definition) is 0. The first-order valence-corrected chi connectivity index (χ1v) is 6.93. The van der Waals surface area contributed by atoms with Gasteiger partial charge in [-0.1, -0.05) is 12.1 Å². The van der Waals surface area contributed by atoms with Crippen molar-refractivity contribution in [3.05, 3.63) is 57.6 Å². The molecular weight excluding hydrogens is 341 g/mol. The Morgan fingerprint density at radius 1 is 1.24 bits per heavy atom. The molecule has 0 aliphatic carbocycles. The maximum Gasteiger partial charge on any atom is 0.573 e. The number of halogens is 3. The minimum absolute atomic E-state index is 0.108. The van der Waals surface area contributed by atoms with Gasteiger partial charge >= 0.3 is 6.36 Å². The van der Waals surface area contributed by atoms with Crippen molar-refractivity contribution in [1.82, 2.24) is 0 Å². The van der Waals surface area contributed by atoms with E-state index in [4.69, 9.17) is 4.74 Å². The number of methoxy groups -OCH3 is 1. The molecule has 0 amide bonds. The summed E-state index contributed by atoms with van der Waals surface area (Å²) in [6.07, 6.45) is -3.64. The molecule has 0 atom stereocenters. The fourth-order valence-electron chi connectivity index (χ4n) is 2.10. The number of aryl methyl sites for hydroxylation is 1. The molecule has 0 radical (unpaired) electrons. The van der Waals surface area contributed by atoms with E-state index in [2.05, 4.69) is 9.73 Å². The van der Waals surface area contributed by atoms with Crippen LogP contribution in [0.3, 0.4) is 0 Å². The third kappa shape index (κ3) is 4.69. The first kappa shape index (κ1) is 18.2. The molecule has 2 rings (SSSR count). The van der Waals surface area contributed by atoms with Crippen LogP contribution in [0, 0.1) is 17.0 Å². The van der Waals surface area contributed by atoms with E-state index in [0.717, 1.165) is 12.1 Å². The van der Waals surface area contributed by atoms with Crippen molar-refractivity contribution < 1.29 is 27.6 Å². The Hall–Kier alpha value is -3.10. The highest BCUT2D eigenvalue weighted by molar-refractivity contribution is 5.87. The molecule has 2 aromatic carbocycles. The van der Waals surface area contributed by atoms with E-state index in [1.807, 2.05) is 0 Å². The molecule has 0 saturated carbocycles. The van der Waals surface area contributed by atoms with Crippen LogP contribution in [0.4, 0.5) is 24.5 Å². The topological polar surface area (TPSA) is 74.0 Å². The van der Waals surface area contributed by atoms with Crippen molar-refractivity contribution in [3.63, 3.8) is 0 Å². The molecule has 0 spiro atoms. The molecule has 25 heavy (non-hydrogen) atoms.